The van der Waals surface area contributed by atoms with Gasteiger partial charge in [-0.1, -0.05) is 36.4 Å². The molecule has 2 aliphatic rings. The second-order valence-corrected chi connectivity index (χ2v) is 5.29. The Bertz CT molecular complexity index is 419. The molecule has 0 fully saturated rings. The number of nitrogens with zero attached hydrogens (tertiary/aromatic N) is 1. The molecule has 0 aromatic heterocycles. The monoisotopic (exact) mass is 213 g/mol. The number of likely N-dealkylation sites (N-methyl/N-ethyl adjacent to an activating group) is 1. The van der Waals surface area contributed by atoms with Crippen molar-refractivity contribution in [1.82, 2.24) is 4.90 Å². The van der Waals surface area contributed by atoms with E-state index in [1.54, 1.807) is 11.1 Å². The Morgan fingerprint density at radius 2 is 2.00 bits per heavy atom. The van der Waals surface area contributed by atoms with Gasteiger partial charge in [-0.05, 0) is 44.0 Å². The third-order valence-electron chi connectivity index (χ3n) is 4.13. The molecule has 0 aliphatic heterocycles. The van der Waals surface area contributed by atoms with E-state index < -0.39 is 0 Å². The van der Waals surface area contributed by atoms with Crippen molar-refractivity contribution < 1.29 is 0 Å². The topological polar surface area (TPSA) is 3.24 Å². The van der Waals surface area contributed by atoms with Crippen molar-refractivity contribution in [2.75, 3.05) is 14.1 Å². The van der Waals surface area contributed by atoms with Gasteiger partial charge in [0.15, 0.2) is 0 Å². The third kappa shape index (κ3) is 1.42. The van der Waals surface area contributed by atoms with E-state index >= 15 is 0 Å². The highest BCUT2D eigenvalue weighted by Crippen LogP contribution is 2.42. The van der Waals surface area contributed by atoms with Gasteiger partial charge in [0.2, 0.25) is 0 Å². The van der Waals surface area contributed by atoms with Crippen molar-refractivity contribution in [3.63, 3.8) is 0 Å². The summed E-state index contributed by atoms with van der Waals surface area (Å²) in [6.07, 6.45) is 7.23. The molecule has 84 valence electrons. The lowest BCUT2D eigenvalue weighted by Crippen LogP contribution is -2.45. The van der Waals surface area contributed by atoms with E-state index in [-0.39, 0.29) is 0 Å². The van der Waals surface area contributed by atoms with E-state index in [4.69, 9.17) is 0 Å². The van der Waals surface area contributed by atoms with Gasteiger partial charge in [0.1, 0.15) is 0 Å². The number of hydrogen-bond donors (Lipinski definition) is 0. The van der Waals surface area contributed by atoms with Crippen molar-refractivity contribution >= 4 is 0 Å². The average molecular weight is 213 g/mol. The molecule has 2 bridgehead atoms. The van der Waals surface area contributed by atoms with Gasteiger partial charge in [0, 0.05) is 12.0 Å². The standard InChI is InChI=1S/C15H19N/c1-16(2)15-12-7-5-9-14(15)13-8-4-3-6-11(13)10-12/h3-8,12,14-15H,9-10H2,1-2H3/t12-,14+,15-/m1/s1. The fourth-order valence-corrected chi connectivity index (χ4v) is 3.53. The van der Waals surface area contributed by atoms with Gasteiger partial charge in [0.05, 0.1) is 0 Å². The van der Waals surface area contributed by atoms with Crippen LogP contribution in [-0.4, -0.2) is 25.0 Å². The number of rotatable bonds is 1. The average Bonchev–Trinajstić information content (AvgIpc) is 2.28. The zero-order valence-corrected chi connectivity index (χ0v) is 10.1. The molecule has 1 aromatic carbocycles. The summed E-state index contributed by atoms with van der Waals surface area (Å²) in [6, 6.07) is 9.69. The Morgan fingerprint density at radius 3 is 2.81 bits per heavy atom. The van der Waals surface area contributed by atoms with E-state index in [1.807, 2.05) is 0 Å². The Kier molecular flexibility index (Phi) is 2.36. The highest BCUT2D eigenvalue weighted by molar-refractivity contribution is 5.38. The van der Waals surface area contributed by atoms with Crippen LogP contribution in [0.15, 0.2) is 36.4 Å². The Labute approximate surface area is 97.8 Å². The molecule has 0 amide bonds. The molecule has 0 saturated carbocycles. The van der Waals surface area contributed by atoms with Crippen LogP contribution in [-0.2, 0) is 6.42 Å². The minimum absolute atomic E-state index is 0.694. The minimum Gasteiger partial charge on any atom is -0.305 e. The first-order valence-electron chi connectivity index (χ1n) is 6.18. The lowest BCUT2D eigenvalue weighted by atomic mass is 9.68. The van der Waals surface area contributed by atoms with E-state index in [9.17, 15) is 0 Å². The molecule has 3 rings (SSSR count). The van der Waals surface area contributed by atoms with Crippen LogP contribution < -0.4 is 0 Å². The molecule has 16 heavy (non-hydrogen) atoms. The number of hydrogen-bond acceptors (Lipinski definition) is 1. The summed E-state index contributed by atoms with van der Waals surface area (Å²) in [6.45, 7) is 0. The first-order chi connectivity index (χ1) is 7.77. The quantitative estimate of drug-likeness (QED) is 0.648. The smallest absolute Gasteiger partial charge is 0.0227 e. The van der Waals surface area contributed by atoms with Gasteiger partial charge in [-0.15, -0.1) is 0 Å². The first kappa shape index (κ1) is 10.1. The molecule has 0 unspecified atom stereocenters. The summed E-state index contributed by atoms with van der Waals surface area (Å²) >= 11 is 0. The van der Waals surface area contributed by atoms with E-state index in [1.165, 1.54) is 12.8 Å². The summed E-state index contributed by atoms with van der Waals surface area (Å²) in [5.41, 5.74) is 3.15. The van der Waals surface area contributed by atoms with Gasteiger partial charge in [-0.3, -0.25) is 0 Å². The number of benzene rings is 1. The fourth-order valence-electron chi connectivity index (χ4n) is 3.53. The summed E-state index contributed by atoms with van der Waals surface area (Å²) in [4.78, 5) is 2.41. The van der Waals surface area contributed by atoms with Gasteiger partial charge in [-0.25, -0.2) is 0 Å². The van der Waals surface area contributed by atoms with Gasteiger partial charge in [-0.2, -0.15) is 0 Å². The van der Waals surface area contributed by atoms with Crippen LogP contribution in [0.3, 0.4) is 0 Å². The third-order valence-corrected chi connectivity index (χ3v) is 4.13. The highest BCUT2D eigenvalue weighted by atomic mass is 15.1. The normalized spacial score (nSPS) is 31.6. The lowest BCUT2D eigenvalue weighted by molar-refractivity contribution is 0.180. The molecule has 0 N–H and O–H groups in total. The molecule has 2 aliphatic carbocycles. The molecule has 0 spiro atoms. The Balaban J connectivity index is 2.08. The van der Waals surface area contributed by atoms with Crippen molar-refractivity contribution in [3.05, 3.63) is 47.5 Å². The summed E-state index contributed by atoms with van der Waals surface area (Å²) < 4.78 is 0. The lowest BCUT2D eigenvalue weighted by Gasteiger charge is -2.44. The highest BCUT2D eigenvalue weighted by Gasteiger charge is 2.37. The number of fused-ring (bicyclic) bond motifs is 4. The number of allylic oxidation sites excluding steroid dienone is 1. The summed E-state index contributed by atoms with van der Waals surface area (Å²) in [5, 5.41) is 0. The van der Waals surface area contributed by atoms with Crippen LogP contribution >= 0.6 is 0 Å². The summed E-state index contributed by atoms with van der Waals surface area (Å²) in [5.74, 6) is 1.42. The molecular formula is C15H19N. The second-order valence-electron chi connectivity index (χ2n) is 5.29. The van der Waals surface area contributed by atoms with E-state index in [0.717, 1.165) is 0 Å². The van der Waals surface area contributed by atoms with Gasteiger partial charge >= 0.3 is 0 Å². The molecule has 0 heterocycles. The van der Waals surface area contributed by atoms with E-state index in [2.05, 4.69) is 55.4 Å². The fraction of sp³-hybridized carbons (Fsp3) is 0.467. The summed E-state index contributed by atoms with van der Waals surface area (Å²) in [7, 11) is 4.44. The predicted molar refractivity (Wildman–Crippen MR) is 67.6 cm³/mol. The Hall–Kier alpha value is -1.08. The van der Waals surface area contributed by atoms with Crippen molar-refractivity contribution in [3.8, 4) is 0 Å². The molecule has 3 atom stereocenters. The molecular weight excluding hydrogens is 194 g/mol. The van der Waals surface area contributed by atoms with Crippen LogP contribution in [0.25, 0.3) is 0 Å². The predicted octanol–water partition coefficient (Wildman–Crippen LogP) is 2.83. The van der Waals surface area contributed by atoms with Crippen LogP contribution in [0.5, 0.6) is 0 Å². The van der Waals surface area contributed by atoms with Gasteiger partial charge in [0.25, 0.3) is 0 Å². The largest absolute Gasteiger partial charge is 0.305 e. The van der Waals surface area contributed by atoms with Gasteiger partial charge < -0.3 is 4.90 Å². The maximum absolute atomic E-state index is 2.43. The van der Waals surface area contributed by atoms with Crippen molar-refractivity contribution in [1.29, 1.82) is 0 Å². The SMILES string of the molecule is CN(C)[C@@H]1[C@@H]2C=CC[C@H]1c1ccccc1C2. The van der Waals surface area contributed by atoms with Crippen LogP contribution in [0.2, 0.25) is 0 Å². The van der Waals surface area contributed by atoms with Crippen LogP contribution in [0.4, 0.5) is 0 Å². The maximum Gasteiger partial charge on any atom is 0.0227 e. The van der Waals surface area contributed by atoms with Crippen molar-refractivity contribution in [2.45, 2.75) is 24.8 Å². The Morgan fingerprint density at radius 1 is 1.19 bits per heavy atom. The molecule has 0 radical (unpaired) electrons. The van der Waals surface area contributed by atoms with E-state index in [0.29, 0.717) is 17.9 Å². The first-order valence-corrected chi connectivity index (χ1v) is 6.18. The molecule has 1 nitrogen and oxygen atoms in total. The minimum atomic E-state index is 0.694. The van der Waals surface area contributed by atoms with Crippen LogP contribution in [0.1, 0.15) is 23.5 Å². The maximum atomic E-state index is 2.43. The zero-order valence-electron chi connectivity index (χ0n) is 10.1. The van der Waals surface area contributed by atoms with Crippen molar-refractivity contribution in [2.24, 2.45) is 5.92 Å². The zero-order chi connectivity index (χ0) is 11.1. The molecule has 1 aromatic rings. The second kappa shape index (κ2) is 3.74. The molecule has 1 heteroatoms. The molecule has 0 saturated heterocycles. The van der Waals surface area contributed by atoms with Crippen LogP contribution in [0, 0.1) is 5.92 Å².